The lowest BCUT2D eigenvalue weighted by Gasteiger charge is -2.40. The summed E-state index contributed by atoms with van der Waals surface area (Å²) in [7, 11) is 0. The molecule has 0 aromatic rings. The van der Waals surface area contributed by atoms with E-state index in [1.165, 1.54) is 12.8 Å². The highest BCUT2D eigenvalue weighted by molar-refractivity contribution is 5.89. The van der Waals surface area contributed by atoms with Gasteiger partial charge in [0.15, 0.2) is 0 Å². The standard InChI is InChI=1S/C28H45N5O6/c1-18-24(34)15-26(36)32-7-6-19(12-25(35)31-8-10-39-11-9-31)20(16-32)13-27(37)33-17-22(14-23(33)28(38)29-18)30-21-4-2-3-5-21/h18-24,30,34H,2-17H2,1H3,(H,29,38)/t18-,19-,20-,22-,23-,24-/m0/s1. The van der Waals surface area contributed by atoms with Crippen molar-refractivity contribution >= 4 is 23.6 Å². The van der Waals surface area contributed by atoms with Crippen molar-refractivity contribution in [2.24, 2.45) is 11.8 Å². The molecule has 3 N–H and O–H groups in total. The van der Waals surface area contributed by atoms with Gasteiger partial charge in [-0.2, -0.15) is 0 Å². The second kappa shape index (κ2) is 12.5. The van der Waals surface area contributed by atoms with Crippen molar-refractivity contribution in [1.29, 1.82) is 0 Å². The van der Waals surface area contributed by atoms with E-state index in [0.29, 0.717) is 71.2 Å². The average molecular weight is 548 g/mol. The Hall–Kier alpha value is -2.24. The Morgan fingerprint density at radius 1 is 1.00 bits per heavy atom. The van der Waals surface area contributed by atoms with E-state index in [-0.39, 0.29) is 54.3 Å². The second-order valence-electron chi connectivity index (χ2n) is 12.3. The number of piperidine rings is 1. The van der Waals surface area contributed by atoms with Crippen LogP contribution < -0.4 is 10.6 Å². The van der Waals surface area contributed by atoms with E-state index in [0.717, 1.165) is 12.8 Å². The molecule has 218 valence electrons. The van der Waals surface area contributed by atoms with E-state index in [9.17, 15) is 24.3 Å². The maximum atomic E-state index is 13.8. The van der Waals surface area contributed by atoms with Crippen LogP contribution in [0, 0.1) is 11.8 Å². The smallest absolute Gasteiger partial charge is 0.243 e. The molecule has 5 fully saturated rings. The van der Waals surface area contributed by atoms with Gasteiger partial charge in [-0.1, -0.05) is 12.8 Å². The minimum Gasteiger partial charge on any atom is -0.390 e. The van der Waals surface area contributed by atoms with Crippen molar-refractivity contribution in [3.05, 3.63) is 0 Å². The van der Waals surface area contributed by atoms with Crippen molar-refractivity contribution in [3.8, 4) is 0 Å². The number of aliphatic hydroxyl groups is 1. The number of carbonyl (C=O) groups is 4. The minimum atomic E-state index is -1.01. The van der Waals surface area contributed by atoms with Crippen LogP contribution in [0.5, 0.6) is 0 Å². The molecule has 11 heteroatoms. The van der Waals surface area contributed by atoms with Gasteiger partial charge >= 0.3 is 0 Å². The number of nitrogens with zero attached hydrogens (tertiary/aromatic N) is 3. The van der Waals surface area contributed by atoms with Crippen molar-refractivity contribution < 1.29 is 29.0 Å². The van der Waals surface area contributed by atoms with Crippen LogP contribution in [0.2, 0.25) is 0 Å². The van der Waals surface area contributed by atoms with Crippen molar-refractivity contribution in [2.75, 3.05) is 45.9 Å². The molecule has 4 aliphatic heterocycles. The minimum absolute atomic E-state index is 0.0235. The highest BCUT2D eigenvalue weighted by Crippen LogP contribution is 2.33. The molecule has 5 aliphatic rings. The molecule has 4 heterocycles. The maximum absolute atomic E-state index is 13.8. The number of amides is 4. The van der Waals surface area contributed by atoms with Gasteiger partial charge in [0.2, 0.25) is 23.6 Å². The van der Waals surface area contributed by atoms with Gasteiger partial charge in [0.1, 0.15) is 6.04 Å². The molecule has 0 spiro atoms. The normalized spacial score (nSPS) is 35.2. The average Bonchev–Trinajstić information content (AvgIpc) is 3.60. The summed E-state index contributed by atoms with van der Waals surface area (Å²) in [6, 6.07) is -0.756. The molecule has 0 radical (unpaired) electrons. The summed E-state index contributed by atoms with van der Waals surface area (Å²) in [5.41, 5.74) is 0. The van der Waals surface area contributed by atoms with Crippen LogP contribution in [0.1, 0.15) is 64.7 Å². The van der Waals surface area contributed by atoms with E-state index in [2.05, 4.69) is 10.6 Å². The van der Waals surface area contributed by atoms with Crippen molar-refractivity contribution in [3.63, 3.8) is 0 Å². The van der Waals surface area contributed by atoms with Crippen molar-refractivity contribution in [1.82, 2.24) is 25.3 Å². The van der Waals surface area contributed by atoms with Crippen LogP contribution in [0.25, 0.3) is 0 Å². The van der Waals surface area contributed by atoms with E-state index in [4.69, 9.17) is 4.74 Å². The number of ether oxygens (including phenoxy) is 1. The number of aliphatic hydroxyl groups excluding tert-OH is 1. The Balaban J connectivity index is 1.34. The topological polar surface area (TPSA) is 132 Å². The highest BCUT2D eigenvalue weighted by atomic mass is 16.5. The highest BCUT2D eigenvalue weighted by Gasteiger charge is 2.44. The first-order valence-corrected chi connectivity index (χ1v) is 15.0. The fourth-order valence-electron chi connectivity index (χ4n) is 7.12. The summed E-state index contributed by atoms with van der Waals surface area (Å²) in [5.74, 6) is -0.687. The lowest BCUT2D eigenvalue weighted by atomic mass is 9.80. The molecule has 1 saturated carbocycles. The molecule has 2 bridgehead atoms. The predicted octanol–water partition coefficient (Wildman–Crippen LogP) is -0.139. The number of carbonyl (C=O) groups excluding carboxylic acids is 4. The summed E-state index contributed by atoms with van der Waals surface area (Å²) in [6.45, 7) is 5.29. The Bertz CT molecular complexity index is 920. The molecule has 6 atom stereocenters. The molecule has 4 saturated heterocycles. The first-order chi connectivity index (χ1) is 18.8. The molecular formula is C28H45N5O6. The molecular weight excluding hydrogens is 502 g/mol. The van der Waals surface area contributed by atoms with Gasteiger partial charge in [0.25, 0.3) is 0 Å². The van der Waals surface area contributed by atoms with Gasteiger partial charge in [0, 0.05) is 57.6 Å². The zero-order valence-corrected chi connectivity index (χ0v) is 23.2. The summed E-state index contributed by atoms with van der Waals surface area (Å²) in [6.07, 6.45) is 5.26. The number of fused-ring (bicyclic) bond motifs is 3. The first-order valence-electron chi connectivity index (χ1n) is 15.0. The Kier molecular flexibility index (Phi) is 9.08. The molecule has 1 aliphatic carbocycles. The largest absolute Gasteiger partial charge is 0.390 e. The first kappa shape index (κ1) is 28.3. The van der Waals surface area contributed by atoms with Gasteiger partial charge in [-0.3, -0.25) is 19.2 Å². The summed E-state index contributed by atoms with van der Waals surface area (Å²) in [5, 5.41) is 17.3. The Morgan fingerprint density at radius 3 is 2.49 bits per heavy atom. The number of rotatable bonds is 4. The predicted molar refractivity (Wildman–Crippen MR) is 142 cm³/mol. The Morgan fingerprint density at radius 2 is 1.74 bits per heavy atom. The van der Waals surface area contributed by atoms with Gasteiger partial charge in [-0.25, -0.2) is 0 Å². The summed E-state index contributed by atoms with van der Waals surface area (Å²) >= 11 is 0. The molecule has 4 amide bonds. The number of hydrogen-bond donors (Lipinski definition) is 3. The second-order valence-corrected chi connectivity index (χ2v) is 12.3. The monoisotopic (exact) mass is 547 g/mol. The van der Waals surface area contributed by atoms with E-state index in [1.54, 1.807) is 16.7 Å². The zero-order chi connectivity index (χ0) is 27.5. The molecule has 5 rings (SSSR count). The van der Waals surface area contributed by atoms with E-state index >= 15 is 0 Å². The van der Waals surface area contributed by atoms with Gasteiger partial charge in [-0.15, -0.1) is 0 Å². The van der Waals surface area contributed by atoms with E-state index in [1.807, 2.05) is 4.90 Å². The fourth-order valence-corrected chi connectivity index (χ4v) is 7.12. The molecule has 39 heavy (non-hydrogen) atoms. The van der Waals surface area contributed by atoms with Gasteiger partial charge < -0.3 is 35.2 Å². The van der Waals surface area contributed by atoms with Crippen LogP contribution in [-0.4, -0.2) is 120 Å². The zero-order valence-electron chi connectivity index (χ0n) is 23.2. The molecule has 0 unspecified atom stereocenters. The summed E-state index contributed by atoms with van der Waals surface area (Å²) in [4.78, 5) is 58.7. The lowest BCUT2D eigenvalue weighted by molar-refractivity contribution is -0.143. The maximum Gasteiger partial charge on any atom is 0.243 e. The lowest BCUT2D eigenvalue weighted by Crippen LogP contribution is -2.51. The SMILES string of the molecule is C[C@@H]1NC(=O)[C@@H]2C[C@H](NC3CCCC3)CN2C(=O)C[C@H]2CN(CC[C@H]2CC(=O)N2CCOCC2)C(=O)C[C@@H]1O. The van der Waals surface area contributed by atoms with Crippen LogP contribution in [0.3, 0.4) is 0 Å². The third-order valence-corrected chi connectivity index (χ3v) is 9.56. The van der Waals surface area contributed by atoms with Crippen molar-refractivity contribution in [2.45, 2.75) is 95.0 Å². The third kappa shape index (κ3) is 6.74. The number of nitrogens with one attached hydrogen (secondary N) is 2. The number of hydrogen-bond acceptors (Lipinski definition) is 7. The van der Waals surface area contributed by atoms with Gasteiger partial charge in [-0.05, 0) is 44.4 Å². The van der Waals surface area contributed by atoms with Crippen LogP contribution >= 0.6 is 0 Å². The Labute approximate surface area is 230 Å². The van der Waals surface area contributed by atoms with Crippen LogP contribution in [0.4, 0.5) is 0 Å². The molecule has 11 nitrogen and oxygen atoms in total. The van der Waals surface area contributed by atoms with Crippen LogP contribution in [-0.2, 0) is 23.9 Å². The molecule has 0 aromatic carbocycles. The fraction of sp³-hybridized carbons (Fsp3) is 0.857. The van der Waals surface area contributed by atoms with Gasteiger partial charge in [0.05, 0.1) is 31.8 Å². The third-order valence-electron chi connectivity index (χ3n) is 9.56. The molecule has 0 aromatic heterocycles. The van der Waals surface area contributed by atoms with Crippen LogP contribution in [0.15, 0.2) is 0 Å². The summed E-state index contributed by atoms with van der Waals surface area (Å²) < 4.78 is 5.39. The van der Waals surface area contributed by atoms with E-state index < -0.39 is 18.2 Å². The quantitative estimate of drug-likeness (QED) is 0.447. The number of morpholine rings is 1.